The third-order valence-corrected chi connectivity index (χ3v) is 6.83. The van der Waals surface area contributed by atoms with E-state index in [1.165, 1.54) is 0 Å². The second kappa shape index (κ2) is 10.5. The number of nitrogens with zero attached hydrogens (tertiary/aromatic N) is 1. The van der Waals surface area contributed by atoms with Crippen molar-refractivity contribution in [2.24, 2.45) is 0 Å². The van der Waals surface area contributed by atoms with Crippen LogP contribution in [0.25, 0.3) is 0 Å². The average Bonchev–Trinajstić information content (AvgIpc) is 3.19. The van der Waals surface area contributed by atoms with E-state index >= 15 is 0 Å². The summed E-state index contributed by atoms with van der Waals surface area (Å²) in [4.78, 5) is 35.1. The monoisotopic (exact) mass is 443 g/mol. The minimum Gasteiger partial charge on any atom is -0.452 e. The van der Waals surface area contributed by atoms with Crippen molar-refractivity contribution < 1.29 is 31.9 Å². The highest BCUT2D eigenvalue weighted by atomic mass is 32.2. The number of hydrogen-bond acceptors (Lipinski definition) is 6. The summed E-state index contributed by atoms with van der Waals surface area (Å²) in [6.45, 7) is 2.75. The summed E-state index contributed by atoms with van der Waals surface area (Å²) in [5, 5.41) is 4.72. The SMILES string of the molecule is CCN(CC)S(=O)(=O)c1cc(C(=O)OCC(=O)NC(=O)NC2CCCC2)ccc1F. The van der Waals surface area contributed by atoms with Crippen molar-refractivity contribution in [1.29, 1.82) is 0 Å². The van der Waals surface area contributed by atoms with Crippen molar-refractivity contribution in [3.8, 4) is 0 Å². The van der Waals surface area contributed by atoms with Gasteiger partial charge in [0.15, 0.2) is 6.61 Å². The zero-order valence-corrected chi connectivity index (χ0v) is 17.8. The van der Waals surface area contributed by atoms with Crippen LogP contribution in [0.2, 0.25) is 0 Å². The predicted molar refractivity (Wildman–Crippen MR) is 106 cm³/mol. The van der Waals surface area contributed by atoms with E-state index in [4.69, 9.17) is 4.74 Å². The third kappa shape index (κ3) is 5.99. The number of esters is 1. The molecule has 9 nitrogen and oxygen atoms in total. The number of halogens is 1. The van der Waals surface area contributed by atoms with Gasteiger partial charge < -0.3 is 10.1 Å². The summed E-state index contributed by atoms with van der Waals surface area (Å²) in [5.41, 5.74) is -0.231. The van der Waals surface area contributed by atoms with Gasteiger partial charge in [-0.2, -0.15) is 4.31 Å². The summed E-state index contributed by atoms with van der Waals surface area (Å²) in [6, 6.07) is 2.13. The third-order valence-electron chi connectivity index (χ3n) is 4.77. The Balaban J connectivity index is 1.98. The van der Waals surface area contributed by atoms with Crippen molar-refractivity contribution in [2.75, 3.05) is 19.7 Å². The molecule has 0 aliphatic heterocycles. The van der Waals surface area contributed by atoms with Crippen LogP contribution in [0.3, 0.4) is 0 Å². The first-order chi connectivity index (χ1) is 14.2. The van der Waals surface area contributed by atoms with E-state index in [1.54, 1.807) is 13.8 Å². The average molecular weight is 443 g/mol. The van der Waals surface area contributed by atoms with Gasteiger partial charge in [-0.15, -0.1) is 0 Å². The number of amides is 3. The maximum atomic E-state index is 14.1. The summed E-state index contributed by atoms with van der Waals surface area (Å²) >= 11 is 0. The number of nitrogens with one attached hydrogen (secondary N) is 2. The van der Waals surface area contributed by atoms with E-state index in [-0.39, 0.29) is 24.7 Å². The lowest BCUT2D eigenvalue weighted by Gasteiger charge is -2.19. The molecule has 0 saturated heterocycles. The number of sulfonamides is 1. The number of carbonyl (C=O) groups excluding carboxylic acids is 3. The molecule has 1 fully saturated rings. The molecule has 0 atom stereocenters. The molecule has 0 unspecified atom stereocenters. The topological polar surface area (TPSA) is 122 Å². The lowest BCUT2D eigenvalue weighted by Crippen LogP contribution is -2.45. The highest BCUT2D eigenvalue weighted by molar-refractivity contribution is 7.89. The zero-order valence-electron chi connectivity index (χ0n) is 16.9. The normalized spacial score (nSPS) is 14.5. The van der Waals surface area contributed by atoms with Crippen LogP contribution < -0.4 is 10.6 Å². The van der Waals surface area contributed by atoms with Gasteiger partial charge in [0, 0.05) is 19.1 Å². The lowest BCUT2D eigenvalue weighted by molar-refractivity contribution is -0.123. The van der Waals surface area contributed by atoms with E-state index in [9.17, 15) is 27.2 Å². The Morgan fingerprint density at radius 3 is 2.40 bits per heavy atom. The van der Waals surface area contributed by atoms with Crippen LogP contribution in [-0.2, 0) is 19.6 Å². The number of hydrogen-bond donors (Lipinski definition) is 2. The molecule has 1 aromatic rings. The maximum Gasteiger partial charge on any atom is 0.338 e. The second-order valence-corrected chi connectivity index (χ2v) is 8.72. The van der Waals surface area contributed by atoms with E-state index in [0.717, 1.165) is 48.2 Å². The quantitative estimate of drug-likeness (QED) is 0.591. The molecule has 30 heavy (non-hydrogen) atoms. The summed E-state index contributed by atoms with van der Waals surface area (Å²) in [6.07, 6.45) is 3.72. The fraction of sp³-hybridized carbons (Fsp3) is 0.526. The van der Waals surface area contributed by atoms with Crippen molar-refractivity contribution in [3.05, 3.63) is 29.6 Å². The van der Waals surface area contributed by atoms with E-state index in [1.807, 2.05) is 0 Å². The first kappa shape index (κ1) is 23.7. The van der Waals surface area contributed by atoms with Crippen LogP contribution in [0, 0.1) is 5.82 Å². The highest BCUT2D eigenvalue weighted by Crippen LogP contribution is 2.21. The van der Waals surface area contributed by atoms with Gasteiger partial charge in [-0.3, -0.25) is 10.1 Å². The zero-order chi connectivity index (χ0) is 22.3. The Morgan fingerprint density at radius 1 is 1.17 bits per heavy atom. The lowest BCUT2D eigenvalue weighted by atomic mass is 10.2. The van der Waals surface area contributed by atoms with Crippen LogP contribution in [0.4, 0.5) is 9.18 Å². The molecular weight excluding hydrogens is 417 g/mol. The summed E-state index contributed by atoms with van der Waals surface area (Å²) < 4.78 is 45.1. The van der Waals surface area contributed by atoms with E-state index < -0.39 is 45.3 Å². The van der Waals surface area contributed by atoms with Crippen molar-refractivity contribution in [2.45, 2.75) is 50.5 Å². The molecule has 1 aliphatic rings. The Bertz CT molecular complexity index is 896. The minimum atomic E-state index is -4.13. The Morgan fingerprint density at radius 2 is 1.80 bits per heavy atom. The van der Waals surface area contributed by atoms with E-state index in [0.29, 0.717) is 0 Å². The fourth-order valence-corrected chi connectivity index (χ4v) is 4.75. The van der Waals surface area contributed by atoms with Crippen molar-refractivity contribution in [3.63, 3.8) is 0 Å². The number of carbonyl (C=O) groups is 3. The van der Waals surface area contributed by atoms with E-state index in [2.05, 4.69) is 10.6 Å². The summed E-state index contributed by atoms with van der Waals surface area (Å²) in [7, 11) is -4.13. The molecule has 0 spiro atoms. The van der Waals surface area contributed by atoms with Crippen LogP contribution in [0.15, 0.2) is 23.1 Å². The second-order valence-electron chi connectivity index (χ2n) is 6.81. The molecule has 1 aromatic carbocycles. The van der Waals surface area contributed by atoms with Gasteiger partial charge in [-0.25, -0.2) is 22.4 Å². The van der Waals surface area contributed by atoms with Crippen LogP contribution in [0.5, 0.6) is 0 Å². The first-order valence-corrected chi connectivity index (χ1v) is 11.2. The molecule has 0 aromatic heterocycles. The molecule has 2 rings (SSSR count). The maximum absolute atomic E-state index is 14.1. The van der Waals surface area contributed by atoms with Crippen LogP contribution in [-0.4, -0.2) is 56.4 Å². The number of ether oxygens (including phenoxy) is 1. The molecule has 0 radical (unpaired) electrons. The van der Waals surface area contributed by atoms with Gasteiger partial charge in [-0.1, -0.05) is 26.7 Å². The number of rotatable bonds is 8. The van der Waals surface area contributed by atoms with Gasteiger partial charge in [0.1, 0.15) is 10.7 Å². The molecule has 11 heteroatoms. The standard InChI is InChI=1S/C19H26FN3O6S/c1-3-23(4-2)30(27,28)16-11-13(9-10-15(16)20)18(25)29-12-17(24)22-19(26)21-14-7-5-6-8-14/h9-11,14H,3-8,12H2,1-2H3,(H2,21,22,24,26). The highest BCUT2D eigenvalue weighted by Gasteiger charge is 2.27. The summed E-state index contributed by atoms with van der Waals surface area (Å²) in [5.74, 6) is -2.85. The Labute approximate surface area is 175 Å². The first-order valence-electron chi connectivity index (χ1n) is 9.76. The fourth-order valence-electron chi connectivity index (χ4n) is 3.20. The van der Waals surface area contributed by atoms with Crippen LogP contribution in [0.1, 0.15) is 49.9 Å². The molecule has 1 aliphatic carbocycles. The molecule has 2 N–H and O–H groups in total. The molecular formula is C19H26FN3O6S. The smallest absolute Gasteiger partial charge is 0.338 e. The molecule has 1 saturated carbocycles. The molecule has 0 bridgehead atoms. The van der Waals surface area contributed by atoms with Crippen LogP contribution >= 0.6 is 0 Å². The predicted octanol–water partition coefficient (Wildman–Crippen LogP) is 1.78. The van der Waals surface area contributed by atoms with Crippen molar-refractivity contribution >= 4 is 27.9 Å². The molecule has 0 heterocycles. The molecule has 166 valence electrons. The largest absolute Gasteiger partial charge is 0.452 e. The number of urea groups is 1. The molecule has 3 amide bonds. The van der Waals surface area contributed by atoms with Gasteiger partial charge >= 0.3 is 12.0 Å². The number of imide groups is 1. The van der Waals surface area contributed by atoms with Gasteiger partial charge in [-0.05, 0) is 31.0 Å². The van der Waals surface area contributed by atoms with Crippen molar-refractivity contribution in [1.82, 2.24) is 14.9 Å². The van der Waals surface area contributed by atoms with Gasteiger partial charge in [0.05, 0.1) is 5.56 Å². The Hall–Kier alpha value is -2.53. The van der Waals surface area contributed by atoms with Gasteiger partial charge in [0.2, 0.25) is 10.0 Å². The van der Waals surface area contributed by atoms with Gasteiger partial charge in [0.25, 0.3) is 5.91 Å². The minimum absolute atomic E-state index is 0.0192. The Kier molecular flexibility index (Phi) is 8.30. The number of benzene rings is 1.